The fourth-order valence-electron chi connectivity index (χ4n) is 3.51. The third kappa shape index (κ3) is 4.52. The van der Waals surface area contributed by atoms with Crippen LogP contribution in [0.2, 0.25) is 0 Å². The van der Waals surface area contributed by atoms with E-state index >= 15 is 0 Å². The monoisotopic (exact) mass is 390 g/mol. The Hall–Kier alpha value is -2.84. The average Bonchev–Trinajstić information content (AvgIpc) is 3.02. The summed E-state index contributed by atoms with van der Waals surface area (Å²) in [6.45, 7) is 5.52. The van der Waals surface area contributed by atoms with E-state index in [1.807, 2.05) is 31.6 Å². The van der Waals surface area contributed by atoms with Gasteiger partial charge in [0.1, 0.15) is 5.60 Å². The van der Waals surface area contributed by atoms with Gasteiger partial charge in [-0.15, -0.1) is 0 Å². The molecule has 1 aliphatic rings. The van der Waals surface area contributed by atoms with Crippen LogP contribution in [0.1, 0.15) is 52.5 Å². The van der Waals surface area contributed by atoms with Gasteiger partial charge >= 0.3 is 11.8 Å². The van der Waals surface area contributed by atoms with Crippen LogP contribution in [0.3, 0.4) is 0 Å². The van der Waals surface area contributed by atoms with Gasteiger partial charge < -0.3 is 14.8 Å². The first-order valence-electron chi connectivity index (χ1n) is 9.37. The number of fused-ring (bicyclic) bond motifs is 1. The van der Waals surface area contributed by atoms with Crippen molar-refractivity contribution in [3.63, 3.8) is 0 Å². The quantitative estimate of drug-likeness (QED) is 0.625. The number of rotatable bonds is 4. The normalized spacial score (nSPS) is 20.0. The number of nitro benzene ring substituents is 1. The molecule has 28 heavy (non-hydrogen) atoms. The van der Waals surface area contributed by atoms with Crippen molar-refractivity contribution in [2.45, 2.75) is 64.1 Å². The van der Waals surface area contributed by atoms with Crippen molar-refractivity contribution >= 4 is 22.7 Å². The smallest absolute Gasteiger partial charge is 0.407 e. The number of hydrogen-bond donors (Lipinski definition) is 1. The van der Waals surface area contributed by atoms with Gasteiger partial charge in [-0.3, -0.25) is 14.8 Å². The van der Waals surface area contributed by atoms with E-state index in [0.717, 1.165) is 25.7 Å². The van der Waals surface area contributed by atoms with Gasteiger partial charge in [0.2, 0.25) is 0 Å². The van der Waals surface area contributed by atoms with Crippen molar-refractivity contribution < 1.29 is 19.2 Å². The summed E-state index contributed by atoms with van der Waals surface area (Å²) in [5.41, 5.74) is 0.0800. The molecule has 1 aliphatic carbocycles. The number of nitrogens with zero attached hydrogens (tertiary/aromatic N) is 3. The van der Waals surface area contributed by atoms with Gasteiger partial charge in [0.15, 0.2) is 5.75 Å². The summed E-state index contributed by atoms with van der Waals surface area (Å²) in [4.78, 5) is 22.7. The number of amides is 1. The Morgan fingerprint density at radius 2 is 1.96 bits per heavy atom. The number of aromatic nitrogens is 2. The minimum atomic E-state index is -0.514. The van der Waals surface area contributed by atoms with Crippen LogP contribution in [0, 0.1) is 10.1 Å². The number of hydrogen-bond acceptors (Lipinski definition) is 6. The van der Waals surface area contributed by atoms with Gasteiger partial charge in [0, 0.05) is 29.8 Å². The summed E-state index contributed by atoms with van der Waals surface area (Å²) in [7, 11) is 1.41. The zero-order valence-corrected chi connectivity index (χ0v) is 16.6. The van der Waals surface area contributed by atoms with E-state index in [1.165, 1.54) is 13.2 Å². The molecule has 0 bridgehead atoms. The zero-order valence-electron chi connectivity index (χ0n) is 16.6. The van der Waals surface area contributed by atoms with Crippen LogP contribution in [-0.2, 0) is 4.74 Å². The highest BCUT2D eigenvalue weighted by Crippen LogP contribution is 2.34. The number of carbonyl (C=O) groups excluding carboxylic acids is 1. The minimum Gasteiger partial charge on any atom is -0.490 e. The lowest BCUT2D eigenvalue weighted by atomic mass is 9.91. The van der Waals surface area contributed by atoms with E-state index in [0.29, 0.717) is 10.9 Å². The van der Waals surface area contributed by atoms with Gasteiger partial charge in [0.25, 0.3) is 0 Å². The number of nitrogens with one attached hydrogen (secondary N) is 1. The van der Waals surface area contributed by atoms with E-state index in [-0.39, 0.29) is 29.6 Å². The number of benzene rings is 1. The second kappa shape index (κ2) is 7.65. The molecule has 9 heteroatoms. The van der Waals surface area contributed by atoms with Crippen LogP contribution in [0.15, 0.2) is 18.3 Å². The Bertz CT molecular complexity index is 878. The molecule has 1 amide bonds. The summed E-state index contributed by atoms with van der Waals surface area (Å²) in [5.74, 6) is 0.202. The molecular weight excluding hydrogens is 364 g/mol. The third-order valence-electron chi connectivity index (χ3n) is 4.81. The van der Waals surface area contributed by atoms with E-state index in [1.54, 1.807) is 6.07 Å². The Balaban J connectivity index is 1.66. The van der Waals surface area contributed by atoms with Crippen LogP contribution in [0.4, 0.5) is 10.5 Å². The molecule has 1 saturated carbocycles. The molecule has 0 saturated heterocycles. The summed E-state index contributed by atoms with van der Waals surface area (Å²) in [6.07, 6.45) is 4.81. The molecule has 0 unspecified atom stereocenters. The first-order chi connectivity index (χ1) is 13.2. The first-order valence-corrected chi connectivity index (χ1v) is 9.37. The standard InChI is InChI=1S/C19H26N4O5/c1-19(2,3)28-18(24)20-13-5-7-14(8-6-13)22-11-12-9-16(23(25)26)17(27-4)10-15(12)21-22/h9-11,13-14H,5-8H2,1-4H3,(H,20,24)/t13-,14-. The SMILES string of the molecule is COc1cc2nn([C@H]3CC[C@H](NC(=O)OC(C)(C)C)CC3)cc2cc1[N+](=O)[O-]. The number of alkyl carbamates (subject to hydrolysis) is 1. The average molecular weight is 390 g/mol. The molecule has 2 aromatic rings. The van der Waals surface area contributed by atoms with Gasteiger partial charge in [-0.1, -0.05) is 0 Å². The molecule has 1 N–H and O–H groups in total. The van der Waals surface area contributed by atoms with Crippen molar-refractivity contribution in [2.24, 2.45) is 0 Å². The van der Waals surface area contributed by atoms with Crippen molar-refractivity contribution in [2.75, 3.05) is 7.11 Å². The van der Waals surface area contributed by atoms with Crippen LogP contribution in [0.25, 0.3) is 10.9 Å². The molecule has 1 fully saturated rings. The molecule has 0 spiro atoms. The van der Waals surface area contributed by atoms with Crippen LogP contribution in [0.5, 0.6) is 5.75 Å². The maximum atomic E-state index is 11.9. The van der Waals surface area contributed by atoms with E-state index in [4.69, 9.17) is 9.47 Å². The minimum absolute atomic E-state index is 0.0696. The fraction of sp³-hybridized carbons (Fsp3) is 0.579. The number of ether oxygens (including phenoxy) is 2. The molecule has 0 atom stereocenters. The molecule has 0 aliphatic heterocycles. The second-order valence-corrected chi connectivity index (χ2v) is 8.10. The molecule has 1 aromatic carbocycles. The number of nitro groups is 1. The van der Waals surface area contributed by atoms with Crippen molar-refractivity contribution in [3.8, 4) is 5.75 Å². The summed E-state index contributed by atoms with van der Waals surface area (Å²) >= 11 is 0. The van der Waals surface area contributed by atoms with Crippen LogP contribution >= 0.6 is 0 Å². The number of methoxy groups -OCH3 is 1. The summed E-state index contributed by atoms with van der Waals surface area (Å²) in [6, 6.07) is 3.36. The summed E-state index contributed by atoms with van der Waals surface area (Å²) < 4.78 is 12.3. The maximum absolute atomic E-state index is 11.9. The lowest BCUT2D eigenvalue weighted by Crippen LogP contribution is -2.41. The van der Waals surface area contributed by atoms with Crippen LogP contribution in [-0.4, -0.2) is 39.5 Å². The zero-order chi connectivity index (χ0) is 20.5. The van der Waals surface area contributed by atoms with E-state index in [9.17, 15) is 14.9 Å². The summed E-state index contributed by atoms with van der Waals surface area (Å²) in [5, 5.41) is 19.4. The Morgan fingerprint density at radius 3 is 2.54 bits per heavy atom. The fourth-order valence-corrected chi connectivity index (χ4v) is 3.51. The molecular formula is C19H26N4O5. The molecule has 1 aromatic heterocycles. The largest absolute Gasteiger partial charge is 0.490 e. The molecule has 3 rings (SSSR count). The van der Waals surface area contributed by atoms with Crippen molar-refractivity contribution in [1.29, 1.82) is 0 Å². The lowest BCUT2D eigenvalue weighted by Gasteiger charge is -2.30. The molecule has 1 heterocycles. The first kappa shape index (κ1) is 19.9. The predicted molar refractivity (Wildman–Crippen MR) is 104 cm³/mol. The van der Waals surface area contributed by atoms with Crippen molar-refractivity contribution in [3.05, 3.63) is 28.4 Å². The highest BCUT2D eigenvalue weighted by atomic mass is 16.6. The molecule has 152 valence electrons. The molecule has 0 radical (unpaired) electrons. The third-order valence-corrected chi connectivity index (χ3v) is 4.81. The topological polar surface area (TPSA) is 109 Å². The van der Waals surface area contributed by atoms with E-state index in [2.05, 4.69) is 10.4 Å². The Labute approximate surface area is 163 Å². The van der Waals surface area contributed by atoms with Gasteiger partial charge in [-0.05, 0) is 46.5 Å². The molecule has 9 nitrogen and oxygen atoms in total. The highest BCUT2D eigenvalue weighted by Gasteiger charge is 2.26. The Kier molecular flexibility index (Phi) is 5.44. The van der Waals surface area contributed by atoms with Crippen LogP contribution < -0.4 is 10.1 Å². The highest BCUT2D eigenvalue weighted by molar-refractivity contribution is 5.83. The van der Waals surface area contributed by atoms with E-state index < -0.39 is 10.5 Å². The van der Waals surface area contributed by atoms with Gasteiger partial charge in [-0.25, -0.2) is 4.79 Å². The number of carbonyl (C=O) groups is 1. The van der Waals surface area contributed by atoms with Gasteiger partial charge in [0.05, 0.1) is 23.6 Å². The maximum Gasteiger partial charge on any atom is 0.407 e. The van der Waals surface area contributed by atoms with Crippen molar-refractivity contribution in [1.82, 2.24) is 15.1 Å². The Morgan fingerprint density at radius 1 is 1.29 bits per heavy atom. The van der Waals surface area contributed by atoms with Gasteiger partial charge in [-0.2, -0.15) is 5.10 Å². The predicted octanol–water partition coefficient (Wildman–Crippen LogP) is 3.96. The lowest BCUT2D eigenvalue weighted by molar-refractivity contribution is -0.385. The second-order valence-electron chi connectivity index (χ2n) is 8.10.